The lowest BCUT2D eigenvalue weighted by Gasteiger charge is -2.00. The number of hydrogen-bond acceptors (Lipinski definition) is 1. The van der Waals surface area contributed by atoms with Crippen LogP contribution in [0.5, 0.6) is 0 Å². The third-order valence-corrected chi connectivity index (χ3v) is 2.42. The van der Waals surface area contributed by atoms with Gasteiger partial charge in [-0.1, -0.05) is 28.8 Å². The summed E-state index contributed by atoms with van der Waals surface area (Å²) in [5, 5.41) is 1.14. The van der Waals surface area contributed by atoms with Gasteiger partial charge in [-0.15, -0.1) is 17.0 Å². The average Bonchev–Trinajstić information content (AvgIpc) is 2.57. The number of aryl methyl sites for hydroxylation is 1. The van der Waals surface area contributed by atoms with E-state index in [9.17, 15) is 0 Å². The molecule has 1 rings (SSSR count). The number of rotatable bonds is 6. The van der Waals surface area contributed by atoms with Gasteiger partial charge < -0.3 is 4.57 Å². The van der Waals surface area contributed by atoms with Gasteiger partial charge in [0.15, 0.2) is 0 Å². The lowest BCUT2D eigenvalue weighted by atomic mass is 10.2. The second-order valence-electron chi connectivity index (χ2n) is 2.90. The predicted molar refractivity (Wildman–Crippen MR) is 64.8 cm³/mol. The monoisotopic (exact) mass is 310 g/mol. The molecule has 2 nitrogen and oxygen atoms in total. The zero-order chi connectivity index (χ0) is 8.65. The van der Waals surface area contributed by atoms with Crippen molar-refractivity contribution in [3.05, 3.63) is 18.7 Å². The maximum atomic E-state index is 3.99. The van der Waals surface area contributed by atoms with Crippen LogP contribution >= 0.6 is 32.9 Å². The van der Waals surface area contributed by atoms with E-state index in [-0.39, 0.29) is 17.0 Å². The summed E-state index contributed by atoms with van der Waals surface area (Å²) >= 11 is 3.42. The Morgan fingerprint density at radius 3 is 2.54 bits per heavy atom. The zero-order valence-corrected chi connectivity index (χ0v) is 11.0. The Labute approximate surface area is 98.6 Å². The van der Waals surface area contributed by atoms with Gasteiger partial charge in [0, 0.05) is 24.3 Å². The molecule has 0 fully saturated rings. The van der Waals surface area contributed by atoms with Crippen LogP contribution in [0.15, 0.2) is 18.7 Å². The summed E-state index contributed by atoms with van der Waals surface area (Å²) in [5.41, 5.74) is 0. The normalized spacial score (nSPS) is 9.62. The molecule has 0 unspecified atom stereocenters. The van der Waals surface area contributed by atoms with E-state index in [1.807, 2.05) is 18.7 Å². The minimum atomic E-state index is 0. The van der Waals surface area contributed by atoms with Crippen molar-refractivity contribution in [3.63, 3.8) is 0 Å². The highest BCUT2D eigenvalue weighted by atomic mass is 79.9. The Balaban J connectivity index is 0.00000144. The first-order valence-electron chi connectivity index (χ1n) is 4.45. The molecular formula is C9H16Br2N2. The minimum Gasteiger partial charge on any atom is -0.337 e. The largest absolute Gasteiger partial charge is 0.337 e. The van der Waals surface area contributed by atoms with E-state index in [4.69, 9.17) is 0 Å². The van der Waals surface area contributed by atoms with Gasteiger partial charge in [0.1, 0.15) is 0 Å². The van der Waals surface area contributed by atoms with Gasteiger partial charge >= 0.3 is 0 Å². The first kappa shape index (κ1) is 13.2. The highest BCUT2D eigenvalue weighted by molar-refractivity contribution is 9.09. The molecule has 0 radical (unpaired) electrons. The standard InChI is InChI=1S/C9H15BrN2.BrH/c10-5-3-1-2-4-7-12-8-6-11-9-12;/h6,8-9H,1-5,7H2;1H. The number of halogens is 2. The average molecular weight is 312 g/mol. The molecule has 0 aromatic carbocycles. The number of alkyl halides is 1. The predicted octanol–water partition coefficient (Wildman–Crippen LogP) is 3.42. The first-order chi connectivity index (χ1) is 5.93. The molecule has 0 saturated carbocycles. The number of unbranched alkanes of at least 4 members (excludes halogenated alkanes) is 3. The highest BCUT2D eigenvalue weighted by Gasteiger charge is 1.90. The molecule has 76 valence electrons. The molecule has 0 aliphatic carbocycles. The van der Waals surface area contributed by atoms with Gasteiger partial charge in [-0.3, -0.25) is 0 Å². The van der Waals surface area contributed by atoms with Crippen molar-refractivity contribution < 1.29 is 0 Å². The van der Waals surface area contributed by atoms with Crippen molar-refractivity contribution in [2.24, 2.45) is 0 Å². The Kier molecular flexibility index (Phi) is 8.87. The lowest BCUT2D eigenvalue weighted by molar-refractivity contribution is 0.584. The summed E-state index contributed by atoms with van der Waals surface area (Å²) in [6, 6.07) is 0. The number of hydrogen-bond donors (Lipinski definition) is 0. The molecule has 1 aromatic heterocycles. The Morgan fingerprint density at radius 1 is 1.15 bits per heavy atom. The Bertz CT molecular complexity index is 188. The van der Waals surface area contributed by atoms with Gasteiger partial charge in [0.2, 0.25) is 0 Å². The first-order valence-corrected chi connectivity index (χ1v) is 5.57. The molecule has 13 heavy (non-hydrogen) atoms. The van der Waals surface area contributed by atoms with Gasteiger partial charge in [0.05, 0.1) is 6.33 Å². The van der Waals surface area contributed by atoms with Crippen LogP contribution in [0.1, 0.15) is 25.7 Å². The van der Waals surface area contributed by atoms with Crippen LogP contribution in [0.2, 0.25) is 0 Å². The van der Waals surface area contributed by atoms with Crippen LogP contribution in [0.25, 0.3) is 0 Å². The molecule has 1 heterocycles. The fraction of sp³-hybridized carbons (Fsp3) is 0.667. The SMILES string of the molecule is Br.BrCCCCCCn1ccnc1. The van der Waals surface area contributed by atoms with Gasteiger partial charge in [-0.2, -0.15) is 0 Å². The van der Waals surface area contributed by atoms with E-state index in [1.165, 1.54) is 25.7 Å². The molecule has 0 bridgehead atoms. The van der Waals surface area contributed by atoms with Crippen molar-refractivity contribution in [3.8, 4) is 0 Å². The molecule has 0 N–H and O–H groups in total. The molecule has 0 aliphatic heterocycles. The number of aromatic nitrogens is 2. The van der Waals surface area contributed by atoms with Crippen molar-refractivity contribution in [1.29, 1.82) is 0 Å². The minimum absolute atomic E-state index is 0. The number of imidazole rings is 1. The molecule has 0 saturated heterocycles. The second kappa shape index (κ2) is 8.75. The van der Waals surface area contributed by atoms with Crippen LogP contribution < -0.4 is 0 Å². The van der Waals surface area contributed by atoms with E-state index in [0.717, 1.165) is 11.9 Å². The van der Waals surface area contributed by atoms with Gasteiger partial charge in [-0.25, -0.2) is 4.98 Å². The second-order valence-corrected chi connectivity index (χ2v) is 3.70. The van der Waals surface area contributed by atoms with E-state index in [0.29, 0.717) is 0 Å². The van der Waals surface area contributed by atoms with Gasteiger partial charge in [-0.05, 0) is 12.8 Å². The van der Waals surface area contributed by atoms with Crippen LogP contribution in [-0.4, -0.2) is 14.9 Å². The van der Waals surface area contributed by atoms with Crippen molar-refractivity contribution >= 4 is 32.9 Å². The van der Waals surface area contributed by atoms with Crippen LogP contribution in [0.3, 0.4) is 0 Å². The van der Waals surface area contributed by atoms with E-state index >= 15 is 0 Å². The summed E-state index contributed by atoms with van der Waals surface area (Å²) in [7, 11) is 0. The Hall–Kier alpha value is 0.170. The van der Waals surface area contributed by atoms with Crippen LogP contribution in [0.4, 0.5) is 0 Å². The Morgan fingerprint density at radius 2 is 1.92 bits per heavy atom. The summed E-state index contributed by atoms with van der Waals surface area (Å²) < 4.78 is 2.13. The highest BCUT2D eigenvalue weighted by Crippen LogP contribution is 2.03. The lowest BCUT2D eigenvalue weighted by Crippen LogP contribution is -1.93. The quantitative estimate of drug-likeness (QED) is 0.581. The molecule has 0 amide bonds. The molecule has 0 aliphatic rings. The molecular weight excluding hydrogens is 296 g/mol. The fourth-order valence-electron chi connectivity index (χ4n) is 1.16. The maximum Gasteiger partial charge on any atom is 0.0945 e. The van der Waals surface area contributed by atoms with E-state index < -0.39 is 0 Å². The van der Waals surface area contributed by atoms with Crippen molar-refractivity contribution in [2.75, 3.05) is 5.33 Å². The third-order valence-electron chi connectivity index (χ3n) is 1.86. The van der Waals surface area contributed by atoms with Crippen LogP contribution in [-0.2, 0) is 6.54 Å². The molecule has 0 atom stereocenters. The van der Waals surface area contributed by atoms with E-state index in [1.54, 1.807) is 0 Å². The van der Waals surface area contributed by atoms with Crippen molar-refractivity contribution in [2.45, 2.75) is 32.2 Å². The van der Waals surface area contributed by atoms with Gasteiger partial charge in [0.25, 0.3) is 0 Å². The number of nitrogens with zero attached hydrogens (tertiary/aromatic N) is 2. The molecule has 0 spiro atoms. The molecule has 1 aromatic rings. The summed E-state index contributed by atoms with van der Waals surface area (Å²) in [5.74, 6) is 0. The van der Waals surface area contributed by atoms with Crippen molar-refractivity contribution in [1.82, 2.24) is 9.55 Å². The topological polar surface area (TPSA) is 17.8 Å². The van der Waals surface area contributed by atoms with Crippen LogP contribution in [0, 0.1) is 0 Å². The van der Waals surface area contributed by atoms with E-state index in [2.05, 4.69) is 25.5 Å². The smallest absolute Gasteiger partial charge is 0.0945 e. The summed E-state index contributed by atoms with van der Waals surface area (Å²) in [6.45, 7) is 1.11. The maximum absolute atomic E-state index is 3.99. The summed E-state index contributed by atoms with van der Waals surface area (Å²) in [6.07, 6.45) is 10.9. The zero-order valence-electron chi connectivity index (χ0n) is 7.66. The third kappa shape index (κ3) is 6.27. The summed E-state index contributed by atoms with van der Waals surface area (Å²) in [4.78, 5) is 3.99. The fourth-order valence-corrected chi connectivity index (χ4v) is 1.56. The molecule has 4 heteroatoms.